The number of hydrogen-bond donors (Lipinski definition) is 10. The van der Waals surface area contributed by atoms with E-state index in [4.69, 9.17) is 51.1 Å². The predicted molar refractivity (Wildman–Crippen MR) is 74.9 cm³/mol. The first-order chi connectivity index (χ1) is 11.5. The summed E-state index contributed by atoms with van der Waals surface area (Å²) in [6, 6.07) is 0. The number of aldehydes is 2. The van der Waals surface area contributed by atoms with Gasteiger partial charge in [-0.3, -0.25) is 0 Å². The van der Waals surface area contributed by atoms with E-state index in [-0.39, 0.29) is 12.6 Å². The Morgan fingerprint density at radius 3 is 1.36 bits per heavy atom. The van der Waals surface area contributed by atoms with Crippen molar-refractivity contribution in [2.24, 2.45) is 0 Å². The highest BCUT2D eigenvalue weighted by molar-refractivity contribution is 5.73. The van der Waals surface area contributed by atoms with Crippen LogP contribution in [0.4, 0.5) is 0 Å². The van der Waals surface area contributed by atoms with Gasteiger partial charge in [0.1, 0.15) is 42.7 Å². The molecule has 0 radical (unpaired) electrons. The van der Waals surface area contributed by atoms with Crippen LogP contribution in [-0.4, -0.2) is 125 Å². The molecular weight excluding hydrogens is 352 g/mol. The molecule has 0 rings (SSSR count). The van der Waals surface area contributed by atoms with E-state index >= 15 is 0 Å². The standard InChI is InChI=1S/C6H10O7.C6H12O6/c7-1-2(8)3(9)4(10)5(11)6(12)13;7-1-3(9)5(11)6(12)4(10)2-8/h1-5,8-11H,(H,12,13);1,3-6,8-12H,2H2. The maximum absolute atomic E-state index is 10.1. The van der Waals surface area contributed by atoms with Gasteiger partial charge < -0.3 is 60.7 Å². The molecule has 0 aromatic carbocycles. The molecule has 0 bridgehead atoms. The summed E-state index contributed by atoms with van der Waals surface area (Å²) < 4.78 is 0. The van der Waals surface area contributed by atoms with Crippen LogP contribution >= 0.6 is 0 Å². The van der Waals surface area contributed by atoms with Gasteiger partial charge in [0.05, 0.1) is 6.61 Å². The highest BCUT2D eigenvalue weighted by atomic mass is 16.4. The summed E-state index contributed by atoms with van der Waals surface area (Å²) in [6.07, 6.45) is -15.2. The maximum atomic E-state index is 10.1. The average molecular weight is 374 g/mol. The summed E-state index contributed by atoms with van der Waals surface area (Å²) in [7, 11) is 0. The molecule has 0 aliphatic carbocycles. The van der Waals surface area contributed by atoms with E-state index in [0.29, 0.717) is 0 Å². The number of carbonyl (C=O) groups excluding carboxylic acids is 2. The third-order valence-corrected chi connectivity index (χ3v) is 2.84. The molecule has 8 unspecified atom stereocenters. The SMILES string of the molecule is O=CC(O)C(O)C(O)C(O)C(=O)O.O=CC(O)C(O)C(O)C(O)CO. The van der Waals surface area contributed by atoms with Gasteiger partial charge in [-0.25, -0.2) is 4.79 Å². The lowest BCUT2D eigenvalue weighted by atomic mass is 10.0. The van der Waals surface area contributed by atoms with Gasteiger partial charge in [-0.1, -0.05) is 0 Å². The molecule has 0 heterocycles. The lowest BCUT2D eigenvalue weighted by molar-refractivity contribution is -0.163. The molecule has 8 atom stereocenters. The Kier molecular flexibility index (Phi) is 13.1. The first kappa shape index (κ1) is 25.7. The van der Waals surface area contributed by atoms with E-state index in [1.165, 1.54) is 0 Å². The fourth-order valence-corrected chi connectivity index (χ4v) is 1.23. The summed E-state index contributed by atoms with van der Waals surface area (Å²) >= 11 is 0. The first-order valence-electron chi connectivity index (χ1n) is 6.64. The summed E-state index contributed by atoms with van der Waals surface area (Å²) in [5.74, 6) is -1.76. The van der Waals surface area contributed by atoms with E-state index in [1.54, 1.807) is 0 Å². The largest absolute Gasteiger partial charge is 0.479 e. The molecule has 13 heteroatoms. The van der Waals surface area contributed by atoms with Crippen LogP contribution in [0.1, 0.15) is 0 Å². The second kappa shape index (κ2) is 12.8. The van der Waals surface area contributed by atoms with Crippen LogP contribution in [0.15, 0.2) is 0 Å². The van der Waals surface area contributed by atoms with Gasteiger partial charge in [0, 0.05) is 0 Å². The number of hydrogen-bond acceptors (Lipinski definition) is 12. The van der Waals surface area contributed by atoms with E-state index in [9.17, 15) is 14.4 Å². The molecule has 25 heavy (non-hydrogen) atoms. The number of rotatable bonds is 10. The van der Waals surface area contributed by atoms with E-state index in [2.05, 4.69) is 0 Å². The summed E-state index contributed by atoms with van der Waals surface area (Å²) in [5.41, 5.74) is 0. The van der Waals surface area contributed by atoms with Gasteiger partial charge in [-0.2, -0.15) is 0 Å². The quantitative estimate of drug-likeness (QED) is 0.160. The molecule has 10 N–H and O–H groups in total. The smallest absolute Gasteiger partial charge is 0.335 e. The van der Waals surface area contributed by atoms with Crippen LogP contribution in [0.5, 0.6) is 0 Å². The van der Waals surface area contributed by atoms with Crippen molar-refractivity contribution in [2.45, 2.75) is 48.8 Å². The number of carboxylic acid groups (broad SMARTS) is 1. The van der Waals surface area contributed by atoms with Gasteiger partial charge in [-0.05, 0) is 0 Å². The molecule has 0 aromatic heterocycles. The number of aliphatic carboxylic acids is 1. The molecule has 13 nitrogen and oxygen atoms in total. The van der Waals surface area contributed by atoms with Crippen molar-refractivity contribution in [1.82, 2.24) is 0 Å². The van der Waals surface area contributed by atoms with Crippen LogP contribution in [0.3, 0.4) is 0 Å². The minimum atomic E-state index is -2.25. The van der Waals surface area contributed by atoms with Gasteiger partial charge in [0.2, 0.25) is 0 Å². The Labute approximate surface area is 140 Å². The Morgan fingerprint density at radius 2 is 1.08 bits per heavy atom. The number of aliphatic hydroxyl groups excluding tert-OH is 9. The van der Waals surface area contributed by atoms with E-state index in [0.717, 1.165) is 0 Å². The molecular formula is C12H22O13. The number of carbonyl (C=O) groups is 3. The molecule has 148 valence electrons. The lowest BCUT2D eigenvalue weighted by Gasteiger charge is -2.22. The van der Waals surface area contributed by atoms with Gasteiger partial charge in [-0.15, -0.1) is 0 Å². The second-order valence-electron chi connectivity index (χ2n) is 4.75. The average Bonchev–Trinajstić information content (AvgIpc) is 2.62. The zero-order chi connectivity index (χ0) is 20.3. The van der Waals surface area contributed by atoms with E-state index in [1.807, 2.05) is 0 Å². The fourth-order valence-electron chi connectivity index (χ4n) is 1.23. The minimum absolute atomic E-state index is 0.0258. The third kappa shape index (κ3) is 8.92. The first-order valence-corrected chi connectivity index (χ1v) is 6.64. The van der Waals surface area contributed by atoms with Crippen LogP contribution in [0.2, 0.25) is 0 Å². The normalized spacial score (nSPS) is 20.5. The van der Waals surface area contributed by atoms with Gasteiger partial charge in [0.15, 0.2) is 18.7 Å². The summed E-state index contributed by atoms with van der Waals surface area (Å²) in [5, 5.41) is 86.7. The van der Waals surface area contributed by atoms with Crippen molar-refractivity contribution in [3.63, 3.8) is 0 Å². The van der Waals surface area contributed by atoms with Crippen molar-refractivity contribution in [3.05, 3.63) is 0 Å². The van der Waals surface area contributed by atoms with Crippen molar-refractivity contribution < 1.29 is 65.4 Å². The topological polar surface area (TPSA) is 254 Å². The Bertz CT molecular complexity index is 402. The maximum Gasteiger partial charge on any atom is 0.335 e. The minimum Gasteiger partial charge on any atom is -0.479 e. The Hall–Kier alpha value is -1.55. The molecule has 0 fully saturated rings. The zero-order valence-electron chi connectivity index (χ0n) is 12.7. The summed E-state index contributed by atoms with van der Waals surface area (Å²) in [6.45, 7) is -0.760. The highest BCUT2D eigenvalue weighted by Crippen LogP contribution is 2.04. The molecule has 0 aliphatic heterocycles. The van der Waals surface area contributed by atoms with Crippen LogP contribution in [0.25, 0.3) is 0 Å². The predicted octanol–water partition coefficient (Wildman–Crippen LogP) is -6.67. The molecule has 0 saturated carbocycles. The van der Waals surface area contributed by atoms with Gasteiger partial charge >= 0.3 is 5.97 Å². The monoisotopic (exact) mass is 374 g/mol. The number of aliphatic hydroxyl groups is 9. The third-order valence-electron chi connectivity index (χ3n) is 2.84. The van der Waals surface area contributed by atoms with Crippen molar-refractivity contribution in [3.8, 4) is 0 Å². The fraction of sp³-hybridized carbons (Fsp3) is 0.750. The molecule has 0 amide bonds. The Morgan fingerprint density at radius 1 is 0.720 bits per heavy atom. The molecule has 0 spiro atoms. The second-order valence-corrected chi connectivity index (χ2v) is 4.75. The van der Waals surface area contributed by atoms with Crippen LogP contribution < -0.4 is 0 Å². The molecule has 0 aliphatic rings. The highest BCUT2D eigenvalue weighted by Gasteiger charge is 2.34. The lowest BCUT2D eigenvalue weighted by Crippen LogP contribution is -2.48. The summed E-state index contributed by atoms with van der Waals surface area (Å²) in [4.78, 5) is 29.9. The van der Waals surface area contributed by atoms with Crippen molar-refractivity contribution >= 4 is 18.5 Å². The molecule has 0 aromatic rings. The Balaban J connectivity index is 0. The van der Waals surface area contributed by atoms with E-state index < -0.39 is 61.4 Å². The van der Waals surface area contributed by atoms with Gasteiger partial charge in [0.25, 0.3) is 0 Å². The van der Waals surface area contributed by atoms with Crippen LogP contribution in [-0.2, 0) is 14.4 Å². The zero-order valence-corrected chi connectivity index (χ0v) is 12.7. The van der Waals surface area contributed by atoms with Crippen molar-refractivity contribution in [2.75, 3.05) is 6.61 Å². The molecule has 0 saturated heterocycles. The number of carboxylic acids is 1. The van der Waals surface area contributed by atoms with Crippen LogP contribution in [0, 0.1) is 0 Å². The van der Waals surface area contributed by atoms with Crippen molar-refractivity contribution in [1.29, 1.82) is 0 Å².